The topological polar surface area (TPSA) is 49.6 Å². The summed E-state index contributed by atoms with van der Waals surface area (Å²) in [6.07, 6.45) is 16.7. The third-order valence-electron chi connectivity index (χ3n) is 5.34. The molecule has 1 aliphatic rings. The van der Waals surface area contributed by atoms with Crippen LogP contribution in [0.25, 0.3) is 0 Å². The molecule has 0 radical (unpaired) electrons. The third kappa shape index (κ3) is 4.77. The fourth-order valence-corrected chi connectivity index (χ4v) is 3.64. The highest BCUT2D eigenvalue weighted by molar-refractivity contribution is 5.22. The molecule has 1 heterocycles. The maximum absolute atomic E-state index is 9.78. The Kier molecular flexibility index (Phi) is 7.02. The Morgan fingerprint density at radius 2 is 1.74 bits per heavy atom. The highest BCUT2D eigenvalue weighted by atomic mass is 14.9. The molecule has 3 heteroatoms. The average Bonchev–Trinajstić information content (AvgIpc) is 2.61. The predicted molar refractivity (Wildman–Crippen MR) is 94.0 cm³/mol. The van der Waals surface area contributed by atoms with Crippen molar-refractivity contribution in [2.75, 3.05) is 0 Å². The van der Waals surface area contributed by atoms with E-state index in [1.807, 2.05) is 12.4 Å². The number of nitrogens with zero attached hydrogens (tertiary/aromatic N) is 3. The molecule has 23 heavy (non-hydrogen) atoms. The Morgan fingerprint density at radius 1 is 1.09 bits per heavy atom. The summed E-state index contributed by atoms with van der Waals surface area (Å²) in [4.78, 5) is 9.13. The zero-order valence-electron chi connectivity index (χ0n) is 14.9. The van der Waals surface area contributed by atoms with E-state index >= 15 is 0 Å². The maximum Gasteiger partial charge on any atom is 0.148 e. The fourth-order valence-electron chi connectivity index (χ4n) is 3.64. The lowest BCUT2D eigenvalue weighted by molar-refractivity contribution is 0.254. The SMILES string of the molecule is CCCCCC1CCC(C#N)(c2ncc(CCCC)cn2)CC1. The minimum absolute atomic E-state index is 0.440. The first-order chi connectivity index (χ1) is 11.2. The minimum Gasteiger partial charge on any atom is -0.239 e. The van der Waals surface area contributed by atoms with Crippen molar-refractivity contribution in [3.8, 4) is 6.07 Å². The van der Waals surface area contributed by atoms with Crippen molar-refractivity contribution in [2.45, 2.75) is 89.9 Å². The Hall–Kier alpha value is -1.43. The number of unbranched alkanes of at least 4 members (excludes halogenated alkanes) is 3. The standard InChI is InChI=1S/C20H31N3/c1-3-5-7-9-17-10-12-20(16-21,13-11-17)19-22-14-18(15-23-19)8-6-4-2/h14-15,17H,3-13H2,1-2H3. The number of hydrogen-bond donors (Lipinski definition) is 0. The number of aryl methyl sites for hydroxylation is 1. The molecule has 1 aromatic rings. The molecule has 0 aromatic carbocycles. The molecule has 0 unspecified atom stereocenters. The van der Waals surface area contributed by atoms with Gasteiger partial charge in [0.2, 0.25) is 0 Å². The Bertz CT molecular complexity index is 493. The van der Waals surface area contributed by atoms with E-state index in [0.29, 0.717) is 0 Å². The fraction of sp³-hybridized carbons (Fsp3) is 0.750. The van der Waals surface area contributed by atoms with E-state index in [1.54, 1.807) is 0 Å². The smallest absolute Gasteiger partial charge is 0.148 e. The lowest BCUT2D eigenvalue weighted by atomic mass is 9.69. The highest BCUT2D eigenvalue weighted by Gasteiger charge is 2.39. The van der Waals surface area contributed by atoms with Crippen molar-refractivity contribution >= 4 is 0 Å². The first-order valence-electron chi connectivity index (χ1n) is 9.46. The van der Waals surface area contributed by atoms with Gasteiger partial charge in [-0.15, -0.1) is 0 Å². The second-order valence-corrected chi connectivity index (χ2v) is 7.15. The van der Waals surface area contributed by atoms with E-state index in [1.165, 1.54) is 44.1 Å². The molecule has 0 atom stereocenters. The summed E-state index contributed by atoms with van der Waals surface area (Å²) < 4.78 is 0. The first kappa shape index (κ1) is 17.9. The second-order valence-electron chi connectivity index (χ2n) is 7.15. The molecular formula is C20H31N3. The van der Waals surface area contributed by atoms with E-state index in [2.05, 4.69) is 29.9 Å². The van der Waals surface area contributed by atoms with Crippen LogP contribution in [0.15, 0.2) is 12.4 Å². The molecule has 0 aliphatic heterocycles. The summed E-state index contributed by atoms with van der Waals surface area (Å²) in [5.41, 5.74) is 0.752. The lowest BCUT2D eigenvalue weighted by Gasteiger charge is -2.33. The van der Waals surface area contributed by atoms with Gasteiger partial charge in [-0.1, -0.05) is 46.0 Å². The molecule has 3 nitrogen and oxygen atoms in total. The molecule has 0 amide bonds. The van der Waals surface area contributed by atoms with Crippen LogP contribution < -0.4 is 0 Å². The van der Waals surface area contributed by atoms with Crippen LogP contribution in [0, 0.1) is 17.2 Å². The zero-order chi connectivity index (χ0) is 16.5. The Balaban J connectivity index is 1.95. The van der Waals surface area contributed by atoms with Gasteiger partial charge in [-0.25, -0.2) is 9.97 Å². The van der Waals surface area contributed by atoms with E-state index in [0.717, 1.165) is 43.8 Å². The van der Waals surface area contributed by atoms with Crippen LogP contribution in [0.1, 0.15) is 89.4 Å². The number of rotatable bonds is 8. The van der Waals surface area contributed by atoms with Gasteiger partial charge in [0.15, 0.2) is 0 Å². The van der Waals surface area contributed by atoms with Crippen LogP contribution in [0.2, 0.25) is 0 Å². The molecule has 0 spiro atoms. The summed E-state index contributed by atoms with van der Waals surface area (Å²) in [5, 5.41) is 9.78. The summed E-state index contributed by atoms with van der Waals surface area (Å²) in [6, 6.07) is 2.56. The normalized spacial score (nSPS) is 24.3. The van der Waals surface area contributed by atoms with E-state index in [4.69, 9.17) is 0 Å². The summed E-state index contributed by atoms with van der Waals surface area (Å²) in [5.74, 6) is 1.55. The summed E-state index contributed by atoms with van der Waals surface area (Å²) in [7, 11) is 0. The van der Waals surface area contributed by atoms with Crippen molar-refractivity contribution < 1.29 is 0 Å². The van der Waals surface area contributed by atoms with Crippen molar-refractivity contribution in [1.82, 2.24) is 9.97 Å². The molecule has 0 bridgehead atoms. The van der Waals surface area contributed by atoms with Gasteiger partial charge in [0.25, 0.3) is 0 Å². The quantitative estimate of drug-likeness (QED) is 0.608. The first-order valence-corrected chi connectivity index (χ1v) is 9.46. The maximum atomic E-state index is 9.78. The molecule has 0 saturated heterocycles. The number of nitriles is 1. The molecule has 1 fully saturated rings. The van der Waals surface area contributed by atoms with Gasteiger partial charge in [0.05, 0.1) is 6.07 Å². The van der Waals surface area contributed by atoms with Crippen LogP contribution in [0.5, 0.6) is 0 Å². The van der Waals surface area contributed by atoms with Crippen molar-refractivity contribution in [1.29, 1.82) is 5.26 Å². The molecular weight excluding hydrogens is 282 g/mol. The van der Waals surface area contributed by atoms with E-state index in [9.17, 15) is 5.26 Å². The average molecular weight is 313 g/mol. The minimum atomic E-state index is -0.440. The van der Waals surface area contributed by atoms with Crippen molar-refractivity contribution in [2.24, 2.45) is 5.92 Å². The van der Waals surface area contributed by atoms with Crippen LogP contribution in [0.3, 0.4) is 0 Å². The van der Waals surface area contributed by atoms with Gasteiger partial charge >= 0.3 is 0 Å². The van der Waals surface area contributed by atoms with Crippen LogP contribution >= 0.6 is 0 Å². The lowest BCUT2D eigenvalue weighted by Crippen LogP contribution is -2.32. The number of aromatic nitrogens is 2. The van der Waals surface area contributed by atoms with Gasteiger partial charge in [-0.2, -0.15) is 5.26 Å². The second kappa shape index (κ2) is 9.01. The van der Waals surface area contributed by atoms with Gasteiger partial charge in [0, 0.05) is 12.4 Å². The number of hydrogen-bond acceptors (Lipinski definition) is 3. The summed E-state index contributed by atoms with van der Waals surface area (Å²) in [6.45, 7) is 4.45. The molecule has 2 rings (SSSR count). The van der Waals surface area contributed by atoms with Gasteiger partial charge in [-0.3, -0.25) is 0 Å². The van der Waals surface area contributed by atoms with Crippen LogP contribution in [-0.4, -0.2) is 9.97 Å². The summed E-state index contributed by atoms with van der Waals surface area (Å²) >= 11 is 0. The van der Waals surface area contributed by atoms with Crippen molar-refractivity contribution in [3.05, 3.63) is 23.8 Å². The Morgan fingerprint density at radius 3 is 2.30 bits per heavy atom. The zero-order valence-corrected chi connectivity index (χ0v) is 14.9. The molecule has 1 saturated carbocycles. The monoisotopic (exact) mass is 313 g/mol. The van der Waals surface area contributed by atoms with Gasteiger partial charge in [-0.05, 0) is 50.0 Å². The van der Waals surface area contributed by atoms with E-state index in [-0.39, 0.29) is 0 Å². The van der Waals surface area contributed by atoms with Crippen LogP contribution in [-0.2, 0) is 11.8 Å². The molecule has 1 aromatic heterocycles. The Labute approximate surface area is 141 Å². The van der Waals surface area contributed by atoms with Crippen molar-refractivity contribution in [3.63, 3.8) is 0 Å². The third-order valence-corrected chi connectivity index (χ3v) is 5.34. The largest absolute Gasteiger partial charge is 0.239 e. The van der Waals surface area contributed by atoms with Crippen LogP contribution in [0.4, 0.5) is 0 Å². The molecule has 126 valence electrons. The molecule has 0 N–H and O–H groups in total. The van der Waals surface area contributed by atoms with Gasteiger partial charge < -0.3 is 0 Å². The highest BCUT2D eigenvalue weighted by Crippen LogP contribution is 2.41. The van der Waals surface area contributed by atoms with Gasteiger partial charge in [0.1, 0.15) is 11.2 Å². The predicted octanol–water partition coefficient (Wildman–Crippen LogP) is 5.35. The van der Waals surface area contributed by atoms with E-state index < -0.39 is 5.41 Å². The molecule has 1 aliphatic carbocycles.